The second-order valence-corrected chi connectivity index (χ2v) is 5.61. The van der Waals surface area contributed by atoms with Crippen molar-refractivity contribution >= 4 is 22.0 Å². The third kappa shape index (κ3) is 4.14. The van der Waals surface area contributed by atoms with E-state index in [1.165, 1.54) is 0 Å². The number of nitrogens with zero attached hydrogens (tertiary/aromatic N) is 1. The van der Waals surface area contributed by atoms with Crippen molar-refractivity contribution in [2.24, 2.45) is 0 Å². The Morgan fingerprint density at radius 2 is 1.82 bits per heavy atom. The zero-order valence-corrected chi connectivity index (χ0v) is 11.6. The fourth-order valence-corrected chi connectivity index (χ4v) is 2.07. The predicted octanol–water partition coefficient (Wildman–Crippen LogP) is -0.122. The van der Waals surface area contributed by atoms with E-state index in [1.54, 1.807) is 5.32 Å². The Labute approximate surface area is 121 Å². The Morgan fingerprint density at radius 3 is 2.27 bits per heavy atom. The monoisotopic (exact) mass is 342 g/mol. The van der Waals surface area contributed by atoms with Crippen molar-refractivity contribution in [1.82, 2.24) is 10.3 Å². The molecule has 1 heterocycles. The molecule has 0 bridgehead atoms. The second-order valence-electron chi connectivity index (χ2n) is 4.12. The van der Waals surface area contributed by atoms with E-state index < -0.39 is 62.6 Å². The standard InChI is InChI=1S/C10H9F3N2O6S/c1-3-5(11)6(12)8(13)15-7(3)9(16)14-4(10(17)18)2-22(19,20)21/h4H,2H2,1H3,(H,14,16)(H,17,18)(H,19,20,21). The van der Waals surface area contributed by atoms with E-state index in [1.807, 2.05) is 0 Å². The molecule has 0 radical (unpaired) electrons. The Kier molecular flexibility index (Phi) is 5.09. The number of pyridine rings is 1. The summed E-state index contributed by atoms with van der Waals surface area (Å²) in [5.41, 5.74) is -1.66. The molecular formula is C10H9F3N2O6S. The van der Waals surface area contributed by atoms with Crippen molar-refractivity contribution in [2.75, 3.05) is 5.75 Å². The van der Waals surface area contributed by atoms with Gasteiger partial charge in [0.15, 0.2) is 5.82 Å². The van der Waals surface area contributed by atoms with Gasteiger partial charge in [-0.3, -0.25) is 9.35 Å². The first kappa shape index (κ1) is 17.8. The lowest BCUT2D eigenvalue weighted by atomic mass is 10.2. The van der Waals surface area contributed by atoms with Crippen molar-refractivity contribution in [3.8, 4) is 0 Å². The largest absolute Gasteiger partial charge is 0.480 e. The zero-order chi connectivity index (χ0) is 17.2. The van der Waals surface area contributed by atoms with Gasteiger partial charge in [0.05, 0.1) is 0 Å². The lowest BCUT2D eigenvalue weighted by molar-refractivity contribution is -0.138. The van der Waals surface area contributed by atoms with Crippen molar-refractivity contribution in [3.05, 3.63) is 28.8 Å². The van der Waals surface area contributed by atoms with Gasteiger partial charge in [-0.05, 0) is 6.92 Å². The fourth-order valence-electron chi connectivity index (χ4n) is 1.42. The molecule has 1 amide bonds. The van der Waals surface area contributed by atoms with Crippen LogP contribution in [0.4, 0.5) is 13.2 Å². The van der Waals surface area contributed by atoms with E-state index in [9.17, 15) is 31.2 Å². The van der Waals surface area contributed by atoms with Gasteiger partial charge in [-0.25, -0.2) is 14.2 Å². The summed E-state index contributed by atoms with van der Waals surface area (Å²) in [6.45, 7) is 0.887. The summed E-state index contributed by atoms with van der Waals surface area (Å²) in [5, 5.41) is 10.3. The molecule has 3 N–H and O–H groups in total. The number of halogens is 3. The minimum Gasteiger partial charge on any atom is -0.480 e. The van der Waals surface area contributed by atoms with Gasteiger partial charge in [0, 0.05) is 5.56 Å². The molecule has 1 aromatic rings. The van der Waals surface area contributed by atoms with Gasteiger partial charge in [-0.2, -0.15) is 17.2 Å². The van der Waals surface area contributed by atoms with Crippen LogP contribution >= 0.6 is 0 Å². The molecule has 0 fully saturated rings. The van der Waals surface area contributed by atoms with Crippen molar-refractivity contribution in [1.29, 1.82) is 0 Å². The summed E-state index contributed by atoms with van der Waals surface area (Å²) >= 11 is 0. The Hall–Kier alpha value is -2.21. The van der Waals surface area contributed by atoms with Crippen molar-refractivity contribution in [2.45, 2.75) is 13.0 Å². The van der Waals surface area contributed by atoms with Crippen LogP contribution in [0.2, 0.25) is 0 Å². The van der Waals surface area contributed by atoms with Crippen LogP contribution in [-0.2, 0) is 14.9 Å². The summed E-state index contributed by atoms with van der Waals surface area (Å²) in [6, 6.07) is -2.10. The summed E-state index contributed by atoms with van der Waals surface area (Å²) in [4.78, 5) is 25.4. The van der Waals surface area contributed by atoms with Gasteiger partial charge in [-0.15, -0.1) is 0 Å². The first-order valence-corrected chi connectivity index (χ1v) is 7.05. The molecule has 1 atom stereocenters. The predicted molar refractivity (Wildman–Crippen MR) is 64.2 cm³/mol. The smallest absolute Gasteiger partial charge is 0.327 e. The highest BCUT2D eigenvalue weighted by molar-refractivity contribution is 7.85. The molecule has 0 aliphatic heterocycles. The Bertz CT molecular complexity index is 737. The molecule has 0 spiro atoms. The van der Waals surface area contributed by atoms with Crippen LogP contribution in [0.5, 0.6) is 0 Å². The summed E-state index contributed by atoms with van der Waals surface area (Å²) in [5.74, 6) is -10.2. The molecule has 1 aromatic heterocycles. The summed E-state index contributed by atoms with van der Waals surface area (Å²) in [6.07, 6.45) is 0. The molecule has 0 saturated heterocycles. The first-order valence-electron chi connectivity index (χ1n) is 5.44. The highest BCUT2D eigenvalue weighted by Crippen LogP contribution is 2.16. The SMILES string of the molecule is Cc1c(C(=O)NC(CS(=O)(=O)O)C(=O)O)nc(F)c(F)c1F. The van der Waals surface area contributed by atoms with E-state index in [4.69, 9.17) is 9.66 Å². The molecule has 0 aliphatic rings. The fraction of sp³-hybridized carbons (Fsp3) is 0.300. The average Bonchev–Trinajstić information content (AvgIpc) is 2.38. The van der Waals surface area contributed by atoms with Crippen LogP contribution in [0.1, 0.15) is 16.1 Å². The van der Waals surface area contributed by atoms with E-state index in [0.29, 0.717) is 0 Å². The lowest BCUT2D eigenvalue weighted by Gasteiger charge is -2.14. The molecule has 0 saturated carbocycles. The van der Waals surface area contributed by atoms with Crippen molar-refractivity contribution < 1.29 is 40.8 Å². The second kappa shape index (κ2) is 6.27. The summed E-state index contributed by atoms with van der Waals surface area (Å²) in [7, 11) is -4.75. The molecule has 1 unspecified atom stereocenters. The van der Waals surface area contributed by atoms with Gasteiger partial charge in [0.1, 0.15) is 17.5 Å². The normalized spacial score (nSPS) is 12.8. The third-order valence-electron chi connectivity index (χ3n) is 2.46. The molecule has 8 nitrogen and oxygen atoms in total. The number of carbonyl (C=O) groups excluding carboxylic acids is 1. The molecule has 1 rings (SSSR count). The van der Waals surface area contributed by atoms with E-state index >= 15 is 0 Å². The zero-order valence-electron chi connectivity index (χ0n) is 10.8. The molecule has 12 heteroatoms. The van der Waals surface area contributed by atoms with Gasteiger partial charge < -0.3 is 10.4 Å². The maximum absolute atomic E-state index is 13.3. The highest BCUT2D eigenvalue weighted by atomic mass is 32.2. The van der Waals surface area contributed by atoms with E-state index in [2.05, 4.69) is 4.98 Å². The Balaban J connectivity index is 3.14. The Morgan fingerprint density at radius 1 is 1.27 bits per heavy atom. The van der Waals surface area contributed by atoms with Crippen LogP contribution in [-0.4, -0.2) is 46.7 Å². The maximum atomic E-state index is 13.3. The number of aromatic nitrogens is 1. The number of carboxylic acid groups (broad SMARTS) is 1. The number of hydrogen-bond acceptors (Lipinski definition) is 5. The summed E-state index contributed by atoms with van der Waals surface area (Å²) < 4.78 is 69.0. The number of rotatable bonds is 5. The van der Waals surface area contributed by atoms with Crippen molar-refractivity contribution in [3.63, 3.8) is 0 Å². The average molecular weight is 342 g/mol. The van der Waals surface area contributed by atoms with Crippen LogP contribution in [0, 0.1) is 24.5 Å². The number of aliphatic carboxylic acids is 1. The number of carboxylic acids is 1. The van der Waals surface area contributed by atoms with E-state index in [0.717, 1.165) is 6.92 Å². The molecule has 122 valence electrons. The highest BCUT2D eigenvalue weighted by Gasteiger charge is 2.29. The van der Waals surface area contributed by atoms with Crippen LogP contribution < -0.4 is 5.32 Å². The van der Waals surface area contributed by atoms with Gasteiger partial charge in [-0.1, -0.05) is 0 Å². The minimum absolute atomic E-state index is 0.701. The minimum atomic E-state index is -4.75. The third-order valence-corrected chi connectivity index (χ3v) is 3.22. The molecule has 22 heavy (non-hydrogen) atoms. The quantitative estimate of drug-likeness (QED) is 0.501. The van der Waals surface area contributed by atoms with Gasteiger partial charge in [0.25, 0.3) is 22.0 Å². The van der Waals surface area contributed by atoms with E-state index in [-0.39, 0.29) is 0 Å². The van der Waals surface area contributed by atoms with Crippen LogP contribution in [0.25, 0.3) is 0 Å². The van der Waals surface area contributed by atoms with Gasteiger partial charge >= 0.3 is 5.97 Å². The maximum Gasteiger partial charge on any atom is 0.327 e. The number of carbonyl (C=O) groups is 2. The van der Waals surface area contributed by atoms with Crippen LogP contribution in [0.3, 0.4) is 0 Å². The molecule has 0 aliphatic carbocycles. The first-order chi connectivity index (χ1) is 9.94. The lowest BCUT2D eigenvalue weighted by Crippen LogP contribution is -2.45. The molecular weight excluding hydrogens is 333 g/mol. The molecule has 0 aromatic carbocycles. The topological polar surface area (TPSA) is 134 Å². The number of nitrogens with one attached hydrogen (secondary N) is 1. The van der Waals surface area contributed by atoms with Gasteiger partial charge in [0.2, 0.25) is 5.82 Å². The number of hydrogen-bond donors (Lipinski definition) is 3. The van der Waals surface area contributed by atoms with Crippen LogP contribution in [0.15, 0.2) is 0 Å². The number of amides is 1.